The van der Waals surface area contributed by atoms with Crippen molar-refractivity contribution < 1.29 is 22.7 Å². The average Bonchev–Trinajstić information content (AvgIpc) is 2.41. The van der Waals surface area contributed by atoms with E-state index in [1.54, 1.807) is 6.92 Å². The van der Waals surface area contributed by atoms with Gasteiger partial charge in [0.05, 0.1) is 10.8 Å². The van der Waals surface area contributed by atoms with Crippen LogP contribution >= 0.6 is 0 Å². The highest BCUT2D eigenvalue weighted by Gasteiger charge is 2.32. The maximum Gasteiger partial charge on any atom is 0.306 e. The first-order chi connectivity index (χ1) is 9.32. The van der Waals surface area contributed by atoms with Crippen molar-refractivity contribution in [2.45, 2.75) is 24.7 Å². The number of rotatable bonds is 3. The molecule has 0 unspecified atom stereocenters. The molecule has 0 saturated carbocycles. The average molecular weight is 301 g/mol. The van der Waals surface area contributed by atoms with E-state index in [9.17, 15) is 17.6 Å². The Morgan fingerprint density at radius 1 is 1.35 bits per heavy atom. The van der Waals surface area contributed by atoms with Gasteiger partial charge in [0.2, 0.25) is 10.0 Å². The van der Waals surface area contributed by atoms with E-state index in [1.165, 1.54) is 16.4 Å². The molecule has 5 nitrogen and oxygen atoms in total. The molecule has 110 valence electrons. The number of piperidine rings is 1. The van der Waals surface area contributed by atoms with Crippen molar-refractivity contribution in [3.8, 4) is 0 Å². The summed E-state index contributed by atoms with van der Waals surface area (Å²) in [6.45, 7) is 1.85. The third kappa shape index (κ3) is 2.83. The van der Waals surface area contributed by atoms with Crippen LogP contribution in [0.5, 0.6) is 0 Å². The Labute approximate surface area is 117 Å². The molecule has 20 heavy (non-hydrogen) atoms. The number of hydrogen-bond acceptors (Lipinski definition) is 3. The summed E-state index contributed by atoms with van der Waals surface area (Å²) in [7, 11) is -3.75. The minimum atomic E-state index is -3.75. The predicted molar refractivity (Wildman–Crippen MR) is 70.3 cm³/mol. The number of carboxylic acids is 1. The molecular weight excluding hydrogens is 285 g/mol. The molecule has 1 fully saturated rings. The molecule has 0 atom stereocenters. The van der Waals surface area contributed by atoms with Crippen LogP contribution in [0.15, 0.2) is 23.1 Å². The first-order valence-electron chi connectivity index (χ1n) is 6.31. The summed E-state index contributed by atoms with van der Waals surface area (Å²) in [6, 6.07) is 3.80. The number of aliphatic carboxylic acids is 1. The Balaban J connectivity index is 2.19. The van der Waals surface area contributed by atoms with Gasteiger partial charge in [0.25, 0.3) is 0 Å². The first kappa shape index (κ1) is 14.9. The lowest BCUT2D eigenvalue weighted by Gasteiger charge is -2.29. The van der Waals surface area contributed by atoms with Crippen molar-refractivity contribution in [2.24, 2.45) is 5.92 Å². The molecular formula is C13H16FNO4S. The van der Waals surface area contributed by atoms with E-state index < -0.39 is 27.7 Å². The highest BCUT2D eigenvalue weighted by molar-refractivity contribution is 7.89. The molecule has 1 N–H and O–H groups in total. The molecule has 1 aliphatic rings. The zero-order valence-electron chi connectivity index (χ0n) is 11.0. The molecule has 1 aromatic rings. The molecule has 1 aromatic carbocycles. The zero-order valence-corrected chi connectivity index (χ0v) is 11.9. The number of nitrogens with zero attached hydrogens (tertiary/aromatic N) is 1. The number of hydrogen-bond donors (Lipinski definition) is 1. The zero-order chi connectivity index (χ0) is 14.9. The lowest BCUT2D eigenvalue weighted by molar-refractivity contribution is -0.142. The SMILES string of the molecule is Cc1ccc(S(=O)(=O)N2CCC(C(=O)O)CC2)cc1F. The normalized spacial score (nSPS) is 18.1. The van der Waals surface area contributed by atoms with E-state index in [-0.39, 0.29) is 30.8 Å². The van der Waals surface area contributed by atoms with E-state index in [0.717, 1.165) is 6.07 Å². The Kier molecular flexibility index (Phi) is 4.10. The van der Waals surface area contributed by atoms with E-state index in [2.05, 4.69) is 0 Å². The molecule has 0 amide bonds. The van der Waals surface area contributed by atoms with Crippen LogP contribution in [0, 0.1) is 18.7 Å². The number of aryl methyl sites for hydroxylation is 1. The molecule has 7 heteroatoms. The third-order valence-corrected chi connectivity index (χ3v) is 5.48. The lowest BCUT2D eigenvalue weighted by atomic mass is 9.99. The van der Waals surface area contributed by atoms with Crippen molar-refractivity contribution in [2.75, 3.05) is 13.1 Å². The summed E-state index contributed by atoms with van der Waals surface area (Å²) in [4.78, 5) is 10.8. The van der Waals surface area contributed by atoms with Gasteiger partial charge in [0.15, 0.2) is 0 Å². The second kappa shape index (κ2) is 5.49. The number of benzene rings is 1. The summed E-state index contributed by atoms with van der Waals surface area (Å²) in [5, 5.41) is 8.89. The maximum absolute atomic E-state index is 13.5. The molecule has 1 saturated heterocycles. The second-order valence-electron chi connectivity index (χ2n) is 4.93. The Morgan fingerprint density at radius 2 is 1.95 bits per heavy atom. The van der Waals surface area contributed by atoms with Gasteiger partial charge < -0.3 is 5.11 Å². The molecule has 2 rings (SSSR count). The van der Waals surface area contributed by atoms with Crippen molar-refractivity contribution in [3.63, 3.8) is 0 Å². The van der Waals surface area contributed by atoms with Crippen LogP contribution in [0.25, 0.3) is 0 Å². The second-order valence-corrected chi connectivity index (χ2v) is 6.87. The van der Waals surface area contributed by atoms with Gasteiger partial charge in [-0.3, -0.25) is 4.79 Å². The fourth-order valence-corrected chi connectivity index (χ4v) is 3.71. The number of carboxylic acid groups (broad SMARTS) is 1. The van der Waals surface area contributed by atoms with Crippen molar-refractivity contribution >= 4 is 16.0 Å². The molecule has 1 aliphatic heterocycles. The van der Waals surface area contributed by atoms with Crippen LogP contribution < -0.4 is 0 Å². The van der Waals surface area contributed by atoms with Crippen LogP contribution in [0.4, 0.5) is 4.39 Å². The highest BCUT2D eigenvalue weighted by atomic mass is 32.2. The van der Waals surface area contributed by atoms with E-state index >= 15 is 0 Å². The van der Waals surface area contributed by atoms with Gasteiger partial charge in [-0.2, -0.15) is 4.31 Å². The van der Waals surface area contributed by atoms with E-state index in [1.807, 2.05) is 0 Å². The van der Waals surface area contributed by atoms with Gasteiger partial charge >= 0.3 is 5.97 Å². The van der Waals surface area contributed by atoms with Crippen LogP contribution in [0.1, 0.15) is 18.4 Å². The lowest BCUT2D eigenvalue weighted by Crippen LogP contribution is -2.40. The van der Waals surface area contributed by atoms with Crippen molar-refractivity contribution in [3.05, 3.63) is 29.6 Å². The molecule has 1 heterocycles. The van der Waals surface area contributed by atoms with Gasteiger partial charge in [0.1, 0.15) is 5.82 Å². The topological polar surface area (TPSA) is 74.7 Å². The Bertz CT molecular complexity index is 621. The molecule has 0 spiro atoms. The number of sulfonamides is 1. The largest absolute Gasteiger partial charge is 0.481 e. The van der Waals surface area contributed by atoms with E-state index in [0.29, 0.717) is 5.56 Å². The smallest absolute Gasteiger partial charge is 0.306 e. The minimum Gasteiger partial charge on any atom is -0.481 e. The fraction of sp³-hybridized carbons (Fsp3) is 0.462. The fourth-order valence-electron chi connectivity index (χ4n) is 2.23. The van der Waals surface area contributed by atoms with Crippen molar-refractivity contribution in [1.82, 2.24) is 4.31 Å². The third-order valence-electron chi connectivity index (χ3n) is 3.58. The summed E-state index contributed by atoms with van der Waals surface area (Å²) in [5.41, 5.74) is 0.383. The quantitative estimate of drug-likeness (QED) is 0.920. The number of carbonyl (C=O) groups is 1. The predicted octanol–water partition coefficient (Wildman–Crippen LogP) is 1.62. The van der Waals surface area contributed by atoms with Gasteiger partial charge in [-0.25, -0.2) is 12.8 Å². The monoisotopic (exact) mass is 301 g/mol. The summed E-state index contributed by atoms with van der Waals surface area (Å²) in [6.07, 6.45) is 0.561. The van der Waals surface area contributed by atoms with Gasteiger partial charge in [-0.05, 0) is 37.5 Å². The van der Waals surface area contributed by atoms with Gasteiger partial charge in [-0.15, -0.1) is 0 Å². The van der Waals surface area contributed by atoms with Crippen molar-refractivity contribution in [1.29, 1.82) is 0 Å². The minimum absolute atomic E-state index is 0.0885. The first-order valence-corrected chi connectivity index (χ1v) is 7.75. The van der Waals surface area contributed by atoms with Gasteiger partial charge in [0, 0.05) is 13.1 Å². The number of halogens is 1. The van der Waals surface area contributed by atoms with Crippen LogP contribution in [0.3, 0.4) is 0 Å². The van der Waals surface area contributed by atoms with Crippen LogP contribution in [-0.2, 0) is 14.8 Å². The summed E-state index contributed by atoms with van der Waals surface area (Å²) < 4.78 is 39.4. The summed E-state index contributed by atoms with van der Waals surface area (Å²) >= 11 is 0. The van der Waals surface area contributed by atoms with E-state index in [4.69, 9.17) is 5.11 Å². The van der Waals surface area contributed by atoms with Gasteiger partial charge in [-0.1, -0.05) is 6.07 Å². The van der Waals surface area contributed by atoms with Crippen LogP contribution in [0.2, 0.25) is 0 Å². The Hall–Kier alpha value is -1.47. The Morgan fingerprint density at radius 3 is 2.45 bits per heavy atom. The standard InChI is InChI=1S/C13H16FNO4S/c1-9-2-3-11(8-12(9)14)20(18,19)15-6-4-10(5-7-15)13(16)17/h2-3,8,10H,4-7H2,1H3,(H,16,17). The molecule has 0 radical (unpaired) electrons. The molecule has 0 aliphatic carbocycles. The molecule has 0 aromatic heterocycles. The highest BCUT2D eigenvalue weighted by Crippen LogP contribution is 2.24. The maximum atomic E-state index is 13.5. The molecule has 0 bridgehead atoms. The van der Waals surface area contributed by atoms with Crippen LogP contribution in [-0.4, -0.2) is 36.9 Å². The summed E-state index contributed by atoms with van der Waals surface area (Å²) in [5.74, 6) is -1.97.